The van der Waals surface area contributed by atoms with Crippen molar-refractivity contribution in [3.63, 3.8) is 0 Å². The molecule has 0 amide bonds. The van der Waals surface area contributed by atoms with Crippen LogP contribution in [0.5, 0.6) is 0 Å². The largest absolute Gasteiger partial charge is 0.285 e. The van der Waals surface area contributed by atoms with E-state index in [0.717, 1.165) is 16.7 Å². The minimum atomic E-state index is -0.324. The maximum Gasteiger partial charge on any atom is 0.285 e. The second-order valence-corrected chi connectivity index (χ2v) is 5.16. The first-order valence-corrected chi connectivity index (χ1v) is 6.48. The quantitative estimate of drug-likeness (QED) is 0.839. The number of hydrogen-bond donors (Lipinski definition) is 0. The Labute approximate surface area is 118 Å². The monoisotopic (exact) mass is 267 g/mol. The number of aryl methyl sites for hydroxylation is 3. The number of nitriles is 1. The molecule has 0 unspecified atom stereocenters. The van der Waals surface area contributed by atoms with Crippen molar-refractivity contribution in [3.8, 4) is 6.07 Å². The maximum atomic E-state index is 12.2. The molecule has 0 bridgehead atoms. The van der Waals surface area contributed by atoms with Gasteiger partial charge < -0.3 is 0 Å². The second kappa shape index (κ2) is 5.30. The lowest BCUT2D eigenvalue weighted by Crippen LogP contribution is -2.28. The molecule has 2 rings (SSSR count). The first-order valence-electron chi connectivity index (χ1n) is 6.48. The molecule has 0 radical (unpaired) electrons. The Kier molecular flexibility index (Phi) is 3.71. The van der Waals surface area contributed by atoms with E-state index in [2.05, 4.69) is 11.2 Å². The van der Waals surface area contributed by atoms with E-state index in [4.69, 9.17) is 5.26 Å². The number of benzene rings is 1. The van der Waals surface area contributed by atoms with Gasteiger partial charge in [-0.25, -0.2) is 4.68 Å². The topological polar surface area (TPSA) is 58.7 Å². The average molecular weight is 267 g/mol. The van der Waals surface area contributed by atoms with Crippen LogP contribution in [-0.2, 0) is 6.54 Å². The van der Waals surface area contributed by atoms with Crippen molar-refractivity contribution in [2.24, 2.45) is 0 Å². The molecule has 0 aliphatic rings. The van der Waals surface area contributed by atoms with Crippen LogP contribution < -0.4 is 5.56 Å². The molecule has 0 fully saturated rings. The Morgan fingerprint density at radius 2 is 1.75 bits per heavy atom. The SMILES string of the molecule is Cc1cc(C)cc(Cn2nc(C)c(C)c(C#N)c2=O)c1. The van der Waals surface area contributed by atoms with Gasteiger partial charge in [-0.2, -0.15) is 10.4 Å². The molecule has 0 spiro atoms. The highest BCUT2D eigenvalue weighted by atomic mass is 16.1. The number of aromatic nitrogens is 2. The number of nitrogens with zero attached hydrogens (tertiary/aromatic N) is 3. The van der Waals surface area contributed by atoms with Crippen LogP contribution in [0.15, 0.2) is 23.0 Å². The lowest BCUT2D eigenvalue weighted by atomic mass is 10.1. The van der Waals surface area contributed by atoms with E-state index in [-0.39, 0.29) is 11.1 Å². The standard InChI is InChI=1S/C16H17N3O/c1-10-5-11(2)7-14(6-10)9-19-16(20)15(8-17)12(3)13(4)18-19/h5-7H,9H2,1-4H3. The first kappa shape index (κ1) is 14.0. The molecule has 1 heterocycles. The van der Waals surface area contributed by atoms with Gasteiger partial charge in [-0.05, 0) is 38.8 Å². The normalized spacial score (nSPS) is 10.3. The predicted molar refractivity (Wildman–Crippen MR) is 77.7 cm³/mol. The van der Waals surface area contributed by atoms with E-state index < -0.39 is 0 Å². The van der Waals surface area contributed by atoms with E-state index in [9.17, 15) is 4.79 Å². The Balaban J connectivity index is 2.52. The van der Waals surface area contributed by atoms with Crippen molar-refractivity contribution >= 4 is 0 Å². The Morgan fingerprint density at radius 3 is 2.30 bits per heavy atom. The summed E-state index contributed by atoms with van der Waals surface area (Å²) in [6.07, 6.45) is 0. The van der Waals surface area contributed by atoms with Gasteiger partial charge in [-0.1, -0.05) is 29.3 Å². The van der Waals surface area contributed by atoms with Crippen molar-refractivity contribution < 1.29 is 0 Å². The molecule has 20 heavy (non-hydrogen) atoms. The molecule has 0 aliphatic heterocycles. The zero-order valence-electron chi connectivity index (χ0n) is 12.2. The summed E-state index contributed by atoms with van der Waals surface area (Å²) in [5.41, 5.74) is 4.55. The fourth-order valence-corrected chi connectivity index (χ4v) is 2.34. The van der Waals surface area contributed by atoms with Crippen LogP contribution in [0.4, 0.5) is 0 Å². The molecule has 0 aliphatic carbocycles. The van der Waals surface area contributed by atoms with Gasteiger partial charge in [0, 0.05) is 0 Å². The summed E-state index contributed by atoms with van der Waals surface area (Å²) >= 11 is 0. The molecule has 1 aromatic carbocycles. The molecular weight excluding hydrogens is 250 g/mol. The van der Waals surface area contributed by atoms with E-state index in [1.165, 1.54) is 4.68 Å². The summed E-state index contributed by atoms with van der Waals surface area (Å²) in [7, 11) is 0. The summed E-state index contributed by atoms with van der Waals surface area (Å²) in [5.74, 6) is 0. The Morgan fingerprint density at radius 1 is 1.15 bits per heavy atom. The molecule has 0 saturated carbocycles. The smallest absolute Gasteiger partial charge is 0.266 e. The first-order chi connectivity index (χ1) is 9.42. The van der Waals surface area contributed by atoms with Crippen LogP contribution in [0.2, 0.25) is 0 Å². The van der Waals surface area contributed by atoms with E-state index in [1.54, 1.807) is 6.92 Å². The van der Waals surface area contributed by atoms with Gasteiger partial charge in [-0.3, -0.25) is 4.79 Å². The van der Waals surface area contributed by atoms with Crippen LogP contribution in [0.25, 0.3) is 0 Å². The molecule has 2 aromatic rings. The van der Waals surface area contributed by atoms with Gasteiger partial charge in [0.1, 0.15) is 11.6 Å². The Hall–Kier alpha value is -2.41. The minimum absolute atomic E-state index is 0.182. The third kappa shape index (κ3) is 2.62. The fraction of sp³-hybridized carbons (Fsp3) is 0.312. The number of hydrogen-bond acceptors (Lipinski definition) is 3. The number of rotatable bonds is 2. The van der Waals surface area contributed by atoms with E-state index in [0.29, 0.717) is 17.8 Å². The molecule has 102 valence electrons. The molecule has 0 N–H and O–H groups in total. The third-order valence-corrected chi connectivity index (χ3v) is 3.36. The average Bonchev–Trinajstić information content (AvgIpc) is 2.35. The lowest BCUT2D eigenvalue weighted by molar-refractivity contribution is 0.622. The van der Waals surface area contributed by atoms with Crippen LogP contribution in [0, 0.1) is 39.0 Å². The van der Waals surface area contributed by atoms with Gasteiger partial charge in [0.15, 0.2) is 0 Å². The molecular formula is C16H17N3O. The molecule has 0 atom stereocenters. The molecule has 0 saturated heterocycles. The predicted octanol–water partition coefficient (Wildman–Crippen LogP) is 2.40. The summed E-state index contributed by atoms with van der Waals surface area (Å²) in [6, 6.07) is 8.12. The van der Waals surface area contributed by atoms with Crippen LogP contribution in [0.3, 0.4) is 0 Å². The van der Waals surface area contributed by atoms with Crippen molar-refractivity contribution in [3.05, 3.63) is 62.1 Å². The van der Waals surface area contributed by atoms with Crippen LogP contribution in [0.1, 0.15) is 33.5 Å². The highest BCUT2D eigenvalue weighted by molar-refractivity contribution is 5.36. The summed E-state index contributed by atoms with van der Waals surface area (Å²) in [5, 5.41) is 13.4. The van der Waals surface area contributed by atoms with Crippen LogP contribution in [-0.4, -0.2) is 9.78 Å². The summed E-state index contributed by atoms with van der Waals surface area (Å²) < 4.78 is 1.37. The zero-order chi connectivity index (χ0) is 14.9. The third-order valence-electron chi connectivity index (χ3n) is 3.36. The van der Waals surface area contributed by atoms with Gasteiger partial charge in [-0.15, -0.1) is 0 Å². The zero-order valence-corrected chi connectivity index (χ0v) is 12.2. The van der Waals surface area contributed by atoms with Crippen molar-refractivity contribution in [2.45, 2.75) is 34.2 Å². The van der Waals surface area contributed by atoms with E-state index >= 15 is 0 Å². The Bertz CT molecular complexity index is 746. The van der Waals surface area contributed by atoms with Gasteiger partial charge in [0.25, 0.3) is 5.56 Å². The highest BCUT2D eigenvalue weighted by Crippen LogP contribution is 2.11. The minimum Gasteiger partial charge on any atom is -0.266 e. The second-order valence-electron chi connectivity index (χ2n) is 5.16. The molecule has 1 aromatic heterocycles. The van der Waals surface area contributed by atoms with E-state index in [1.807, 2.05) is 39.0 Å². The summed E-state index contributed by atoms with van der Waals surface area (Å²) in [6.45, 7) is 8.00. The fourth-order valence-electron chi connectivity index (χ4n) is 2.34. The van der Waals surface area contributed by atoms with Crippen molar-refractivity contribution in [2.75, 3.05) is 0 Å². The van der Waals surface area contributed by atoms with Crippen molar-refractivity contribution in [1.29, 1.82) is 5.26 Å². The molecule has 4 nitrogen and oxygen atoms in total. The highest BCUT2D eigenvalue weighted by Gasteiger charge is 2.11. The van der Waals surface area contributed by atoms with Gasteiger partial charge in [0.2, 0.25) is 0 Å². The molecule has 4 heteroatoms. The van der Waals surface area contributed by atoms with Gasteiger partial charge in [0.05, 0.1) is 12.2 Å². The van der Waals surface area contributed by atoms with Gasteiger partial charge >= 0.3 is 0 Å². The lowest BCUT2D eigenvalue weighted by Gasteiger charge is -2.10. The summed E-state index contributed by atoms with van der Waals surface area (Å²) in [4.78, 5) is 12.2. The maximum absolute atomic E-state index is 12.2. The van der Waals surface area contributed by atoms with Crippen LogP contribution >= 0.6 is 0 Å². The van der Waals surface area contributed by atoms with Crippen molar-refractivity contribution in [1.82, 2.24) is 9.78 Å².